The van der Waals surface area contributed by atoms with Gasteiger partial charge in [-0.2, -0.15) is 0 Å². The van der Waals surface area contributed by atoms with E-state index in [9.17, 15) is 14.7 Å². The van der Waals surface area contributed by atoms with Crippen molar-refractivity contribution in [3.63, 3.8) is 0 Å². The second-order valence-electron chi connectivity index (χ2n) is 8.18. The summed E-state index contributed by atoms with van der Waals surface area (Å²) in [6.07, 6.45) is 5.00. The molecule has 5 atom stereocenters. The Balaban J connectivity index is 1.45. The topological polar surface area (TPSA) is 118 Å². The Bertz CT molecular complexity index is 937. The van der Waals surface area contributed by atoms with E-state index >= 15 is 0 Å². The van der Waals surface area contributed by atoms with Gasteiger partial charge in [-0.1, -0.05) is 30.7 Å². The second kappa shape index (κ2) is 11.3. The quantitative estimate of drug-likeness (QED) is 0.289. The van der Waals surface area contributed by atoms with E-state index < -0.39 is 36.5 Å². The van der Waals surface area contributed by atoms with Crippen LogP contribution in [0.5, 0.6) is 0 Å². The van der Waals surface area contributed by atoms with Crippen LogP contribution in [-0.2, 0) is 19.0 Å². The van der Waals surface area contributed by atoms with E-state index in [0.29, 0.717) is 12.0 Å². The Morgan fingerprint density at radius 2 is 2.09 bits per heavy atom. The van der Waals surface area contributed by atoms with Crippen LogP contribution in [0.4, 0.5) is 0 Å². The number of allylic oxidation sites excluding steroid dienone is 1. The fourth-order valence-corrected chi connectivity index (χ4v) is 3.81. The Hall–Kier alpha value is -2.68. The standard InChI is InChI=1S/C24H31NO7/c1-15(9-5-3-4-6-12-22(27)28)30-24-20(26)13-21(16(2)31-24)32-23(29)18-14-25-19-11-8-7-10-17(18)19/h6-8,10-12,14-16,20-21,24-26H,3-5,9,13H2,1-2H3,(H,27,28)/b12-6+/t15-,16+,20-,21-,24-/m1/s1. The molecule has 0 amide bonds. The molecule has 1 aliphatic heterocycles. The van der Waals surface area contributed by atoms with Crippen LogP contribution in [0.2, 0.25) is 0 Å². The van der Waals surface area contributed by atoms with E-state index in [-0.39, 0.29) is 12.5 Å². The summed E-state index contributed by atoms with van der Waals surface area (Å²) in [4.78, 5) is 26.2. The van der Waals surface area contributed by atoms with Crippen LogP contribution in [0.15, 0.2) is 42.6 Å². The van der Waals surface area contributed by atoms with Gasteiger partial charge in [0.2, 0.25) is 0 Å². The predicted octanol–water partition coefficient (Wildman–Crippen LogP) is 3.80. The number of carbonyl (C=O) groups is 2. The fraction of sp³-hybridized carbons (Fsp3) is 0.500. The number of unbranched alkanes of at least 4 members (excludes halogenated alkanes) is 2. The van der Waals surface area contributed by atoms with Crippen molar-refractivity contribution >= 4 is 22.8 Å². The first-order valence-electron chi connectivity index (χ1n) is 11.0. The number of carboxylic acids is 1. The average Bonchev–Trinajstić information content (AvgIpc) is 3.18. The molecular weight excluding hydrogens is 414 g/mol. The molecular formula is C24H31NO7. The molecule has 0 spiro atoms. The lowest BCUT2D eigenvalue weighted by molar-refractivity contribution is -0.273. The average molecular weight is 446 g/mol. The van der Waals surface area contributed by atoms with Gasteiger partial charge in [0, 0.05) is 29.6 Å². The second-order valence-corrected chi connectivity index (χ2v) is 8.18. The Kier molecular flexibility index (Phi) is 8.44. The summed E-state index contributed by atoms with van der Waals surface area (Å²) in [6.45, 7) is 3.71. The number of fused-ring (bicyclic) bond motifs is 1. The zero-order valence-electron chi connectivity index (χ0n) is 18.4. The van der Waals surface area contributed by atoms with E-state index in [2.05, 4.69) is 4.98 Å². The number of benzene rings is 1. The first-order valence-corrected chi connectivity index (χ1v) is 11.0. The molecule has 8 nitrogen and oxygen atoms in total. The van der Waals surface area contributed by atoms with Gasteiger partial charge in [0.15, 0.2) is 6.29 Å². The zero-order chi connectivity index (χ0) is 23.1. The maximum Gasteiger partial charge on any atom is 0.340 e. The number of rotatable bonds is 10. The number of aliphatic hydroxyl groups excluding tert-OH is 1. The van der Waals surface area contributed by atoms with Crippen LogP contribution in [0.25, 0.3) is 10.9 Å². The van der Waals surface area contributed by atoms with Crippen molar-refractivity contribution in [1.29, 1.82) is 0 Å². The number of nitrogens with one attached hydrogen (secondary N) is 1. The number of aromatic amines is 1. The van der Waals surface area contributed by atoms with Gasteiger partial charge in [0.05, 0.1) is 17.8 Å². The molecule has 1 aliphatic rings. The molecule has 1 saturated heterocycles. The Morgan fingerprint density at radius 1 is 1.31 bits per heavy atom. The SMILES string of the molecule is C[C@H](CCCC/C=C/C(=O)O)O[C@@H]1O[C@@H](C)[C@H](OC(=O)c2c[nH]c3ccccc23)C[C@H]1O. The van der Waals surface area contributed by atoms with Gasteiger partial charge in [-0.05, 0) is 39.2 Å². The highest BCUT2D eigenvalue weighted by molar-refractivity contribution is 6.04. The minimum absolute atomic E-state index is 0.129. The van der Waals surface area contributed by atoms with Crippen molar-refractivity contribution in [1.82, 2.24) is 4.98 Å². The molecule has 0 radical (unpaired) electrons. The number of aliphatic hydroxyl groups is 1. The van der Waals surface area contributed by atoms with E-state index in [1.165, 1.54) is 0 Å². The van der Waals surface area contributed by atoms with Crippen molar-refractivity contribution in [2.75, 3.05) is 0 Å². The smallest absolute Gasteiger partial charge is 0.340 e. The highest BCUT2D eigenvalue weighted by atomic mass is 16.7. The summed E-state index contributed by atoms with van der Waals surface area (Å²) in [7, 11) is 0. The molecule has 1 aromatic carbocycles. The number of aliphatic carboxylic acids is 1. The summed E-state index contributed by atoms with van der Waals surface area (Å²) < 4.78 is 17.3. The third kappa shape index (κ3) is 6.41. The lowest BCUT2D eigenvalue weighted by atomic mass is 10.0. The number of carboxylic acid groups (broad SMARTS) is 1. The molecule has 0 saturated carbocycles. The molecule has 0 unspecified atom stereocenters. The monoisotopic (exact) mass is 445 g/mol. The summed E-state index contributed by atoms with van der Waals surface area (Å²) in [5, 5.41) is 19.9. The zero-order valence-corrected chi connectivity index (χ0v) is 18.4. The van der Waals surface area contributed by atoms with Gasteiger partial charge in [0.25, 0.3) is 0 Å². The number of esters is 1. The predicted molar refractivity (Wildman–Crippen MR) is 118 cm³/mol. The summed E-state index contributed by atoms with van der Waals surface area (Å²) in [6, 6.07) is 7.49. The molecule has 0 bridgehead atoms. The minimum Gasteiger partial charge on any atom is -0.478 e. The van der Waals surface area contributed by atoms with Crippen LogP contribution >= 0.6 is 0 Å². The number of hydrogen-bond donors (Lipinski definition) is 3. The van der Waals surface area contributed by atoms with E-state index in [0.717, 1.165) is 36.2 Å². The Morgan fingerprint density at radius 3 is 2.88 bits per heavy atom. The number of hydrogen-bond acceptors (Lipinski definition) is 6. The third-order valence-electron chi connectivity index (χ3n) is 5.59. The highest BCUT2D eigenvalue weighted by Gasteiger charge is 2.38. The van der Waals surface area contributed by atoms with Crippen LogP contribution in [0, 0.1) is 0 Å². The highest BCUT2D eigenvalue weighted by Crippen LogP contribution is 2.27. The normalized spacial score (nSPS) is 24.6. The van der Waals surface area contributed by atoms with Crippen LogP contribution in [-0.4, -0.2) is 57.8 Å². The number of aromatic nitrogens is 1. The number of carbonyl (C=O) groups excluding carboxylic acids is 1. The molecule has 0 aliphatic carbocycles. The van der Waals surface area contributed by atoms with Gasteiger partial charge in [-0.15, -0.1) is 0 Å². The van der Waals surface area contributed by atoms with Crippen molar-refractivity contribution in [2.24, 2.45) is 0 Å². The maximum atomic E-state index is 12.7. The van der Waals surface area contributed by atoms with Crippen molar-refractivity contribution in [2.45, 2.75) is 76.7 Å². The van der Waals surface area contributed by atoms with Crippen LogP contribution in [0.3, 0.4) is 0 Å². The number of H-pyrrole nitrogens is 1. The molecule has 174 valence electrons. The Labute approximate surface area is 187 Å². The number of ether oxygens (including phenoxy) is 3. The minimum atomic E-state index is -0.940. The van der Waals surface area contributed by atoms with Crippen molar-refractivity contribution in [3.8, 4) is 0 Å². The van der Waals surface area contributed by atoms with Crippen LogP contribution < -0.4 is 0 Å². The van der Waals surface area contributed by atoms with E-state index in [4.69, 9.17) is 19.3 Å². The van der Waals surface area contributed by atoms with Gasteiger partial charge >= 0.3 is 11.9 Å². The third-order valence-corrected chi connectivity index (χ3v) is 5.59. The molecule has 1 fully saturated rings. The maximum absolute atomic E-state index is 12.7. The molecule has 32 heavy (non-hydrogen) atoms. The van der Waals surface area contributed by atoms with Gasteiger partial charge in [-0.3, -0.25) is 0 Å². The molecule has 2 aromatic rings. The molecule has 3 N–H and O–H groups in total. The largest absolute Gasteiger partial charge is 0.478 e. The van der Waals surface area contributed by atoms with Crippen molar-refractivity contribution < 1.29 is 34.0 Å². The molecule has 3 rings (SSSR count). The molecule has 2 heterocycles. The first-order chi connectivity index (χ1) is 15.3. The first kappa shape index (κ1) is 24.0. The van der Waals surface area contributed by atoms with Gasteiger partial charge in [-0.25, -0.2) is 9.59 Å². The number of para-hydroxylation sites is 1. The molecule has 1 aromatic heterocycles. The summed E-state index contributed by atoms with van der Waals surface area (Å²) in [5.41, 5.74) is 1.31. The fourth-order valence-electron chi connectivity index (χ4n) is 3.81. The van der Waals surface area contributed by atoms with E-state index in [1.54, 1.807) is 19.2 Å². The molecule has 8 heteroatoms. The van der Waals surface area contributed by atoms with Crippen LogP contribution in [0.1, 0.15) is 56.3 Å². The lowest BCUT2D eigenvalue weighted by Gasteiger charge is -2.38. The van der Waals surface area contributed by atoms with Crippen molar-refractivity contribution in [3.05, 3.63) is 48.2 Å². The van der Waals surface area contributed by atoms with E-state index in [1.807, 2.05) is 31.2 Å². The summed E-state index contributed by atoms with van der Waals surface area (Å²) in [5.74, 6) is -1.40. The van der Waals surface area contributed by atoms with Gasteiger partial charge < -0.3 is 29.4 Å². The lowest BCUT2D eigenvalue weighted by Crippen LogP contribution is -2.49. The summed E-state index contributed by atoms with van der Waals surface area (Å²) >= 11 is 0. The van der Waals surface area contributed by atoms with Gasteiger partial charge in [0.1, 0.15) is 12.2 Å².